The predicted octanol–water partition coefficient (Wildman–Crippen LogP) is 4.22. The molecule has 4 rings (SSSR count). The van der Waals surface area contributed by atoms with Crippen molar-refractivity contribution in [3.8, 4) is 11.5 Å². The van der Waals surface area contributed by atoms with Crippen molar-refractivity contribution in [3.63, 3.8) is 0 Å². The third-order valence-electron chi connectivity index (χ3n) is 5.40. The fraction of sp³-hybridized carbons (Fsp3) is 0.148. The highest BCUT2D eigenvalue weighted by Gasteiger charge is 2.37. The Balaban J connectivity index is 1.65. The maximum absolute atomic E-state index is 13.2. The third-order valence-corrected chi connectivity index (χ3v) is 6.65. The Morgan fingerprint density at radius 1 is 0.919 bits per heavy atom. The molecule has 190 valence electrons. The van der Waals surface area contributed by atoms with Gasteiger partial charge in [-0.15, -0.1) is 0 Å². The first-order valence-corrected chi connectivity index (χ1v) is 12.8. The van der Waals surface area contributed by atoms with E-state index in [1.807, 2.05) is 13.8 Å². The molecule has 4 amide bonds. The summed E-state index contributed by atoms with van der Waals surface area (Å²) in [6.45, 7) is 4.32. The molecule has 10 heteroatoms. The van der Waals surface area contributed by atoms with E-state index in [4.69, 9.17) is 8.92 Å². The van der Waals surface area contributed by atoms with Crippen LogP contribution < -0.4 is 19.1 Å². The van der Waals surface area contributed by atoms with Crippen LogP contribution in [0.4, 0.5) is 10.5 Å². The van der Waals surface area contributed by atoms with Gasteiger partial charge in [-0.25, -0.2) is 9.69 Å². The first-order valence-electron chi connectivity index (χ1n) is 11.4. The maximum Gasteiger partial charge on any atom is 0.339 e. The summed E-state index contributed by atoms with van der Waals surface area (Å²) in [5.41, 5.74) is 0.911. The molecule has 0 unspecified atom stereocenters. The number of carbonyl (C=O) groups is 3. The number of nitrogens with zero attached hydrogens (tertiary/aromatic N) is 1. The SMILES string of the molecule is CCCOc1ccc(N2C(=O)NC(=O)/C(=C/c3ccccc3OS(=O)(=O)c3ccc(C)cc3)C2=O)cc1. The number of para-hydroxylation sites is 1. The molecule has 0 atom stereocenters. The quantitative estimate of drug-likeness (QED) is 0.268. The van der Waals surface area contributed by atoms with Gasteiger partial charge in [-0.3, -0.25) is 14.9 Å². The first kappa shape index (κ1) is 25.6. The topological polar surface area (TPSA) is 119 Å². The second kappa shape index (κ2) is 10.7. The van der Waals surface area contributed by atoms with Crippen molar-refractivity contribution in [2.45, 2.75) is 25.2 Å². The molecular weight excluding hydrogens is 496 g/mol. The van der Waals surface area contributed by atoms with Crippen LogP contribution in [0, 0.1) is 6.92 Å². The van der Waals surface area contributed by atoms with Gasteiger partial charge in [-0.05, 0) is 61.9 Å². The standard InChI is InChI=1S/C27H24N2O7S/c1-3-16-35-21-12-10-20(11-13-21)29-26(31)23(25(30)28-27(29)32)17-19-6-4-5-7-24(19)36-37(33,34)22-14-8-18(2)9-15-22/h4-15,17H,3,16H2,1-2H3,(H,28,30,32)/b23-17-. The molecule has 37 heavy (non-hydrogen) atoms. The zero-order chi connectivity index (χ0) is 26.6. The average molecular weight is 521 g/mol. The van der Waals surface area contributed by atoms with Crippen molar-refractivity contribution in [3.05, 3.63) is 89.5 Å². The molecule has 0 radical (unpaired) electrons. The number of urea groups is 1. The van der Waals surface area contributed by atoms with Crippen LogP contribution in [0.5, 0.6) is 11.5 Å². The molecule has 0 aromatic heterocycles. The Morgan fingerprint density at radius 3 is 2.27 bits per heavy atom. The lowest BCUT2D eigenvalue weighted by molar-refractivity contribution is -0.122. The molecule has 1 aliphatic heterocycles. The van der Waals surface area contributed by atoms with Crippen molar-refractivity contribution in [1.29, 1.82) is 0 Å². The van der Waals surface area contributed by atoms with Crippen molar-refractivity contribution in [2.75, 3.05) is 11.5 Å². The zero-order valence-electron chi connectivity index (χ0n) is 20.1. The van der Waals surface area contributed by atoms with Gasteiger partial charge in [0, 0.05) is 5.56 Å². The zero-order valence-corrected chi connectivity index (χ0v) is 20.9. The van der Waals surface area contributed by atoms with Crippen LogP contribution in [-0.2, 0) is 19.7 Å². The van der Waals surface area contributed by atoms with E-state index in [9.17, 15) is 22.8 Å². The van der Waals surface area contributed by atoms with Crippen molar-refractivity contribution in [2.24, 2.45) is 0 Å². The number of ether oxygens (including phenoxy) is 1. The summed E-state index contributed by atoms with van der Waals surface area (Å²) < 4.78 is 36.5. The lowest BCUT2D eigenvalue weighted by Gasteiger charge is -2.26. The predicted molar refractivity (Wildman–Crippen MR) is 137 cm³/mol. The number of barbiturate groups is 1. The third kappa shape index (κ3) is 5.70. The Bertz CT molecular complexity index is 1480. The number of amides is 4. The number of carbonyl (C=O) groups excluding carboxylic acids is 3. The van der Waals surface area contributed by atoms with Crippen LogP contribution >= 0.6 is 0 Å². The van der Waals surface area contributed by atoms with E-state index in [1.165, 1.54) is 42.5 Å². The molecular formula is C27H24N2O7S. The largest absolute Gasteiger partial charge is 0.494 e. The number of benzene rings is 3. The van der Waals surface area contributed by atoms with Crippen LogP contribution in [0.15, 0.2) is 83.3 Å². The van der Waals surface area contributed by atoms with Crippen LogP contribution in [0.2, 0.25) is 0 Å². The number of imide groups is 2. The van der Waals surface area contributed by atoms with E-state index in [0.29, 0.717) is 12.4 Å². The molecule has 3 aromatic carbocycles. The number of rotatable bonds is 8. The minimum atomic E-state index is -4.19. The number of aryl methyl sites for hydroxylation is 1. The molecule has 0 saturated carbocycles. The van der Waals surface area contributed by atoms with Gasteiger partial charge < -0.3 is 8.92 Å². The van der Waals surface area contributed by atoms with E-state index < -0.39 is 28.0 Å². The van der Waals surface area contributed by atoms with Gasteiger partial charge in [-0.2, -0.15) is 8.42 Å². The lowest BCUT2D eigenvalue weighted by atomic mass is 10.1. The van der Waals surface area contributed by atoms with Crippen LogP contribution in [0.3, 0.4) is 0 Å². The molecule has 0 bridgehead atoms. The monoisotopic (exact) mass is 520 g/mol. The van der Waals surface area contributed by atoms with Gasteiger partial charge >= 0.3 is 16.1 Å². The molecule has 1 saturated heterocycles. The Hall–Kier alpha value is -4.44. The fourth-order valence-electron chi connectivity index (χ4n) is 3.51. The van der Waals surface area contributed by atoms with E-state index >= 15 is 0 Å². The lowest BCUT2D eigenvalue weighted by Crippen LogP contribution is -2.54. The summed E-state index contributed by atoms with van der Waals surface area (Å²) in [5.74, 6) is -1.29. The van der Waals surface area contributed by atoms with E-state index in [-0.39, 0.29) is 27.5 Å². The van der Waals surface area contributed by atoms with Gasteiger partial charge in [0.25, 0.3) is 11.8 Å². The minimum Gasteiger partial charge on any atom is -0.494 e. The summed E-state index contributed by atoms with van der Waals surface area (Å²) in [4.78, 5) is 39.1. The van der Waals surface area contributed by atoms with Gasteiger partial charge in [0.05, 0.1) is 12.3 Å². The first-order chi connectivity index (χ1) is 17.7. The van der Waals surface area contributed by atoms with Crippen molar-refractivity contribution < 1.29 is 31.7 Å². The molecule has 1 fully saturated rings. The highest BCUT2D eigenvalue weighted by molar-refractivity contribution is 7.87. The summed E-state index contributed by atoms with van der Waals surface area (Å²) in [6.07, 6.45) is 2.01. The van der Waals surface area contributed by atoms with Crippen molar-refractivity contribution in [1.82, 2.24) is 5.32 Å². The van der Waals surface area contributed by atoms with Gasteiger partial charge in [0.15, 0.2) is 0 Å². The molecule has 9 nitrogen and oxygen atoms in total. The number of anilines is 1. The molecule has 0 spiro atoms. The van der Waals surface area contributed by atoms with Gasteiger partial charge in [0.2, 0.25) is 0 Å². The average Bonchev–Trinajstić information content (AvgIpc) is 2.87. The van der Waals surface area contributed by atoms with Crippen LogP contribution in [-0.4, -0.2) is 32.9 Å². The summed E-state index contributed by atoms with van der Waals surface area (Å²) in [5, 5.41) is 2.14. The molecule has 1 aliphatic rings. The fourth-order valence-corrected chi connectivity index (χ4v) is 4.46. The Morgan fingerprint density at radius 2 is 1.59 bits per heavy atom. The second-order valence-corrected chi connectivity index (χ2v) is 9.73. The number of hydrogen-bond acceptors (Lipinski definition) is 7. The normalized spacial score (nSPS) is 15.0. The molecule has 3 aromatic rings. The summed E-state index contributed by atoms with van der Waals surface area (Å²) in [6, 6.07) is 17.6. The van der Waals surface area contributed by atoms with E-state index in [1.54, 1.807) is 36.4 Å². The minimum absolute atomic E-state index is 0.0461. The number of hydrogen-bond donors (Lipinski definition) is 1. The molecule has 1 N–H and O–H groups in total. The van der Waals surface area contributed by atoms with E-state index in [2.05, 4.69) is 5.32 Å². The highest BCUT2D eigenvalue weighted by atomic mass is 32.2. The Labute approximate surface area is 214 Å². The molecule has 0 aliphatic carbocycles. The van der Waals surface area contributed by atoms with Gasteiger partial charge in [0.1, 0.15) is 22.0 Å². The van der Waals surface area contributed by atoms with E-state index in [0.717, 1.165) is 16.9 Å². The Kier molecular flexibility index (Phi) is 7.40. The summed E-state index contributed by atoms with van der Waals surface area (Å²) in [7, 11) is -4.19. The summed E-state index contributed by atoms with van der Waals surface area (Å²) >= 11 is 0. The van der Waals surface area contributed by atoms with Gasteiger partial charge in [-0.1, -0.05) is 42.8 Å². The smallest absolute Gasteiger partial charge is 0.339 e. The van der Waals surface area contributed by atoms with Crippen LogP contribution in [0.25, 0.3) is 6.08 Å². The maximum atomic E-state index is 13.2. The van der Waals surface area contributed by atoms with Crippen molar-refractivity contribution >= 4 is 39.7 Å². The second-order valence-electron chi connectivity index (χ2n) is 8.19. The molecule has 1 heterocycles. The highest BCUT2D eigenvalue weighted by Crippen LogP contribution is 2.28. The van der Waals surface area contributed by atoms with Crippen LogP contribution in [0.1, 0.15) is 24.5 Å². The number of nitrogens with one attached hydrogen (secondary N) is 1.